The van der Waals surface area contributed by atoms with E-state index in [1.165, 1.54) is 58.3 Å². The largest absolute Gasteiger partial charge is 0.310 e. The van der Waals surface area contributed by atoms with Crippen LogP contribution in [0.25, 0.3) is 0 Å². The van der Waals surface area contributed by atoms with Gasteiger partial charge in [-0.1, -0.05) is 6.42 Å². The summed E-state index contributed by atoms with van der Waals surface area (Å²) in [6.45, 7) is 7.70. The summed E-state index contributed by atoms with van der Waals surface area (Å²) in [7, 11) is 0. The van der Waals surface area contributed by atoms with E-state index in [9.17, 15) is 0 Å². The van der Waals surface area contributed by atoms with Crippen molar-refractivity contribution in [2.75, 3.05) is 26.2 Å². The fourth-order valence-corrected chi connectivity index (χ4v) is 3.59. The third kappa shape index (κ3) is 1.40. The summed E-state index contributed by atoms with van der Waals surface area (Å²) in [5, 5.41) is 3.65. The van der Waals surface area contributed by atoms with Gasteiger partial charge in [0.15, 0.2) is 0 Å². The van der Waals surface area contributed by atoms with Crippen LogP contribution in [0.2, 0.25) is 0 Å². The minimum atomic E-state index is 0.436. The smallest absolute Gasteiger partial charge is 0.0280 e. The van der Waals surface area contributed by atoms with Crippen molar-refractivity contribution in [3.05, 3.63) is 0 Å². The Labute approximate surface area is 87.0 Å². The molecule has 1 N–H and O–H groups in total. The predicted molar refractivity (Wildman–Crippen MR) is 58.4 cm³/mol. The standard InChI is InChI=1S/C12H22N2/c1-11(4-3-7-13-11)8-14-9-12(10-14)5-2-6-12/h13H,2-10H2,1H3. The van der Waals surface area contributed by atoms with Crippen LogP contribution in [0.15, 0.2) is 0 Å². The average Bonchev–Trinajstić information content (AvgIpc) is 2.40. The number of likely N-dealkylation sites (tertiary alicyclic amines) is 1. The molecule has 1 unspecified atom stereocenters. The van der Waals surface area contributed by atoms with Crippen molar-refractivity contribution >= 4 is 0 Å². The first-order valence-corrected chi connectivity index (χ1v) is 6.17. The van der Waals surface area contributed by atoms with E-state index in [-0.39, 0.29) is 0 Å². The fourth-order valence-electron chi connectivity index (χ4n) is 3.59. The second kappa shape index (κ2) is 2.96. The summed E-state index contributed by atoms with van der Waals surface area (Å²) < 4.78 is 0. The van der Waals surface area contributed by atoms with Crippen LogP contribution in [0.1, 0.15) is 39.0 Å². The monoisotopic (exact) mass is 194 g/mol. The van der Waals surface area contributed by atoms with Crippen LogP contribution in [0.3, 0.4) is 0 Å². The van der Waals surface area contributed by atoms with Gasteiger partial charge in [-0.2, -0.15) is 0 Å². The minimum absolute atomic E-state index is 0.436. The first-order valence-electron chi connectivity index (χ1n) is 6.17. The molecule has 3 aliphatic rings. The van der Waals surface area contributed by atoms with Gasteiger partial charge in [-0.15, -0.1) is 0 Å². The number of rotatable bonds is 2. The van der Waals surface area contributed by atoms with Crippen LogP contribution >= 0.6 is 0 Å². The second-order valence-electron chi connectivity index (χ2n) is 6.09. The van der Waals surface area contributed by atoms with Gasteiger partial charge in [0.05, 0.1) is 0 Å². The molecule has 1 atom stereocenters. The number of hydrogen-bond donors (Lipinski definition) is 1. The Balaban J connectivity index is 1.50. The van der Waals surface area contributed by atoms with Crippen LogP contribution in [0, 0.1) is 5.41 Å². The third-order valence-electron chi connectivity index (χ3n) is 4.56. The number of nitrogens with zero attached hydrogens (tertiary/aromatic N) is 1. The van der Waals surface area contributed by atoms with E-state index in [2.05, 4.69) is 17.1 Å². The van der Waals surface area contributed by atoms with Crippen molar-refractivity contribution < 1.29 is 0 Å². The molecular formula is C12H22N2. The first-order chi connectivity index (χ1) is 6.70. The highest BCUT2D eigenvalue weighted by Crippen LogP contribution is 2.48. The minimum Gasteiger partial charge on any atom is -0.310 e. The third-order valence-corrected chi connectivity index (χ3v) is 4.56. The van der Waals surface area contributed by atoms with Gasteiger partial charge in [-0.05, 0) is 44.6 Å². The van der Waals surface area contributed by atoms with E-state index in [0.29, 0.717) is 5.54 Å². The summed E-state index contributed by atoms with van der Waals surface area (Å²) in [4.78, 5) is 2.66. The lowest BCUT2D eigenvalue weighted by atomic mass is 9.63. The van der Waals surface area contributed by atoms with Crippen molar-refractivity contribution in [2.45, 2.75) is 44.6 Å². The molecule has 2 saturated heterocycles. The van der Waals surface area contributed by atoms with E-state index in [4.69, 9.17) is 0 Å². The molecule has 80 valence electrons. The molecule has 2 aliphatic heterocycles. The lowest BCUT2D eigenvalue weighted by Gasteiger charge is -2.57. The van der Waals surface area contributed by atoms with Crippen LogP contribution in [0.4, 0.5) is 0 Å². The molecular weight excluding hydrogens is 172 g/mol. The van der Waals surface area contributed by atoms with Gasteiger partial charge in [-0.3, -0.25) is 0 Å². The molecule has 3 fully saturated rings. The predicted octanol–water partition coefficient (Wildman–Crippen LogP) is 1.61. The Morgan fingerprint density at radius 3 is 2.43 bits per heavy atom. The molecule has 1 saturated carbocycles. The Morgan fingerprint density at radius 2 is 1.93 bits per heavy atom. The molecule has 2 heterocycles. The zero-order valence-electron chi connectivity index (χ0n) is 9.31. The molecule has 14 heavy (non-hydrogen) atoms. The molecule has 0 radical (unpaired) electrons. The Hall–Kier alpha value is -0.0800. The summed E-state index contributed by atoms with van der Waals surface area (Å²) in [6.07, 6.45) is 7.25. The normalized spacial score (nSPS) is 40.9. The highest BCUT2D eigenvalue weighted by atomic mass is 15.2. The van der Waals surface area contributed by atoms with E-state index in [0.717, 1.165) is 5.41 Å². The quantitative estimate of drug-likeness (QED) is 0.718. The SMILES string of the molecule is CC1(CN2CC3(CCC3)C2)CCCN1. The van der Waals surface area contributed by atoms with Crippen LogP contribution < -0.4 is 5.32 Å². The maximum absolute atomic E-state index is 3.65. The topological polar surface area (TPSA) is 15.3 Å². The van der Waals surface area contributed by atoms with Crippen molar-refractivity contribution in [1.29, 1.82) is 0 Å². The lowest BCUT2D eigenvalue weighted by molar-refractivity contribution is -0.0692. The number of hydrogen-bond acceptors (Lipinski definition) is 2. The molecule has 2 heteroatoms. The van der Waals surface area contributed by atoms with Gasteiger partial charge in [0.2, 0.25) is 0 Å². The van der Waals surface area contributed by atoms with Gasteiger partial charge < -0.3 is 10.2 Å². The zero-order valence-corrected chi connectivity index (χ0v) is 9.31. The van der Waals surface area contributed by atoms with Crippen molar-refractivity contribution in [1.82, 2.24) is 10.2 Å². The Kier molecular flexibility index (Phi) is 1.94. The first kappa shape index (κ1) is 9.17. The fraction of sp³-hybridized carbons (Fsp3) is 1.00. The molecule has 0 bridgehead atoms. The van der Waals surface area contributed by atoms with Gasteiger partial charge in [0, 0.05) is 25.2 Å². The van der Waals surface area contributed by atoms with Gasteiger partial charge in [-0.25, -0.2) is 0 Å². The number of nitrogens with one attached hydrogen (secondary N) is 1. The van der Waals surface area contributed by atoms with Crippen LogP contribution in [0.5, 0.6) is 0 Å². The second-order valence-corrected chi connectivity index (χ2v) is 6.09. The van der Waals surface area contributed by atoms with Gasteiger partial charge >= 0.3 is 0 Å². The molecule has 0 aromatic rings. The molecule has 0 aromatic heterocycles. The molecule has 2 nitrogen and oxygen atoms in total. The Bertz CT molecular complexity index is 218. The summed E-state index contributed by atoms with van der Waals surface area (Å²) in [5.41, 5.74) is 1.24. The van der Waals surface area contributed by atoms with Crippen LogP contribution in [-0.2, 0) is 0 Å². The van der Waals surface area contributed by atoms with Gasteiger partial charge in [0.25, 0.3) is 0 Å². The molecule has 0 amide bonds. The average molecular weight is 194 g/mol. The van der Waals surface area contributed by atoms with Crippen LogP contribution in [-0.4, -0.2) is 36.6 Å². The van der Waals surface area contributed by atoms with Gasteiger partial charge in [0.1, 0.15) is 0 Å². The van der Waals surface area contributed by atoms with E-state index in [1.54, 1.807) is 0 Å². The summed E-state index contributed by atoms with van der Waals surface area (Å²) >= 11 is 0. The Morgan fingerprint density at radius 1 is 1.14 bits per heavy atom. The lowest BCUT2D eigenvalue weighted by Crippen LogP contribution is -2.63. The van der Waals surface area contributed by atoms with E-state index in [1.807, 2.05) is 0 Å². The highest BCUT2D eigenvalue weighted by Gasteiger charge is 2.48. The maximum Gasteiger partial charge on any atom is 0.0280 e. The molecule has 3 rings (SSSR count). The van der Waals surface area contributed by atoms with Crippen molar-refractivity contribution in [3.63, 3.8) is 0 Å². The molecule has 1 aliphatic carbocycles. The summed E-state index contributed by atoms with van der Waals surface area (Å²) in [6, 6.07) is 0. The summed E-state index contributed by atoms with van der Waals surface area (Å²) in [5.74, 6) is 0. The van der Waals surface area contributed by atoms with Crippen molar-refractivity contribution in [3.8, 4) is 0 Å². The molecule has 1 spiro atoms. The molecule has 0 aromatic carbocycles. The van der Waals surface area contributed by atoms with Crippen molar-refractivity contribution in [2.24, 2.45) is 5.41 Å². The van der Waals surface area contributed by atoms with E-state index >= 15 is 0 Å². The van der Waals surface area contributed by atoms with E-state index < -0.39 is 0 Å². The maximum atomic E-state index is 3.65. The highest BCUT2D eigenvalue weighted by molar-refractivity contribution is 5.03. The zero-order chi connectivity index (χ0) is 9.65.